The third-order valence-corrected chi connectivity index (χ3v) is 2.05. The summed E-state index contributed by atoms with van der Waals surface area (Å²) in [6.45, 7) is 1.23. The first-order valence-electron chi connectivity index (χ1n) is 4.15. The molecular formula is C8H17N2O2+. The molecule has 0 radical (unpaired) electrons. The molecule has 0 aliphatic carbocycles. The molecule has 70 valence electrons. The van der Waals surface area contributed by atoms with Crippen LogP contribution >= 0.6 is 0 Å². The predicted molar refractivity (Wildman–Crippen MR) is 45.6 cm³/mol. The van der Waals surface area contributed by atoms with E-state index in [2.05, 4.69) is 26.5 Å². The molecule has 2 unspecified atom stereocenters. The minimum absolute atomic E-state index is 0.118. The van der Waals surface area contributed by atoms with Gasteiger partial charge in [0.25, 0.3) is 0 Å². The van der Waals surface area contributed by atoms with Gasteiger partial charge in [0.1, 0.15) is 6.29 Å². The number of ether oxygens (including phenoxy) is 1. The number of quaternary nitrogens is 1. The Morgan fingerprint density at radius 2 is 2.17 bits per heavy atom. The van der Waals surface area contributed by atoms with E-state index in [1.807, 2.05) is 0 Å². The lowest BCUT2D eigenvalue weighted by molar-refractivity contribution is -0.919. The van der Waals surface area contributed by atoms with Gasteiger partial charge in [-0.25, -0.2) is 0 Å². The minimum Gasteiger partial charge on any atom is -0.326 e. The van der Waals surface area contributed by atoms with Gasteiger partial charge < -0.3 is 14.0 Å². The second-order valence-corrected chi connectivity index (χ2v) is 4.06. The third-order valence-electron chi connectivity index (χ3n) is 2.05. The van der Waals surface area contributed by atoms with Crippen LogP contribution in [0.15, 0.2) is 0 Å². The number of nitrogens with zero attached hydrogens (tertiary/aromatic N) is 1. The van der Waals surface area contributed by atoms with E-state index in [1.54, 1.807) is 0 Å². The van der Waals surface area contributed by atoms with Crippen molar-refractivity contribution >= 4 is 6.29 Å². The van der Waals surface area contributed by atoms with E-state index in [0.717, 1.165) is 17.3 Å². The molecule has 0 bridgehead atoms. The molecule has 0 saturated carbocycles. The zero-order valence-corrected chi connectivity index (χ0v) is 7.91. The highest BCUT2D eigenvalue weighted by atomic mass is 16.5. The van der Waals surface area contributed by atoms with E-state index >= 15 is 0 Å². The molecule has 4 nitrogen and oxygen atoms in total. The zero-order valence-electron chi connectivity index (χ0n) is 7.91. The van der Waals surface area contributed by atoms with Crippen molar-refractivity contribution in [1.82, 2.24) is 5.32 Å². The molecule has 0 aromatic carbocycles. The standard InChI is InChI=1S/C8H17N2O2/c1-10(2,3)8-4-9-7(5-11)6-12-8/h5,7-9H,4,6H2,1-3H3/q+1. The molecule has 1 fully saturated rings. The zero-order chi connectivity index (χ0) is 9.19. The number of aldehydes is 1. The molecule has 0 aromatic rings. The van der Waals surface area contributed by atoms with E-state index in [4.69, 9.17) is 4.74 Å². The van der Waals surface area contributed by atoms with E-state index in [0.29, 0.717) is 6.61 Å². The summed E-state index contributed by atoms with van der Waals surface area (Å²) in [5.41, 5.74) is 0. The van der Waals surface area contributed by atoms with E-state index in [1.165, 1.54) is 0 Å². The summed E-state index contributed by atoms with van der Waals surface area (Å²) in [4.78, 5) is 10.4. The van der Waals surface area contributed by atoms with Gasteiger partial charge in [0.05, 0.1) is 40.3 Å². The second kappa shape index (κ2) is 3.51. The average Bonchev–Trinajstić information content (AvgIpc) is 2.03. The smallest absolute Gasteiger partial charge is 0.205 e. The molecule has 1 heterocycles. The Bertz CT molecular complexity index is 157. The first-order chi connectivity index (χ1) is 5.54. The van der Waals surface area contributed by atoms with Gasteiger partial charge in [-0.2, -0.15) is 0 Å². The number of rotatable bonds is 2. The summed E-state index contributed by atoms with van der Waals surface area (Å²) in [5.74, 6) is 0. The lowest BCUT2D eigenvalue weighted by atomic mass is 10.3. The molecule has 1 aliphatic rings. The van der Waals surface area contributed by atoms with Crippen LogP contribution in [0.4, 0.5) is 0 Å². The summed E-state index contributed by atoms with van der Waals surface area (Å²) in [5, 5.41) is 3.12. The topological polar surface area (TPSA) is 38.3 Å². The fourth-order valence-corrected chi connectivity index (χ4v) is 1.17. The Labute approximate surface area is 73.1 Å². The fraction of sp³-hybridized carbons (Fsp3) is 0.875. The molecule has 2 atom stereocenters. The number of carbonyl (C=O) groups excluding carboxylic acids is 1. The summed E-state index contributed by atoms with van der Waals surface area (Å²) < 4.78 is 6.29. The summed E-state index contributed by atoms with van der Waals surface area (Å²) in [7, 11) is 6.23. The Morgan fingerprint density at radius 3 is 2.50 bits per heavy atom. The lowest BCUT2D eigenvalue weighted by Gasteiger charge is -2.37. The van der Waals surface area contributed by atoms with Gasteiger partial charge in [-0.05, 0) is 0 Å². The number of likely N-dealkylation sites (N-methyl/N-ethyl adjacent to an activating group) is 1. The highest BCUT2D eigenvalue weighted by molar-refractivity contribution is 5.57. The van der Waals surface area contributed by atoms with Gasteiger partial charge in [0.15, 0.2) is 0 Å². The Balaban J connectivity index is 2.41. The maximum Gasteiger partial charge on any atom is 0.205 e. The average molecular weight is 173 g/mol. The molecular weight excluding hydrogens is 156 g/mol. The highest BCUT2D eigenvalue weighted by Gasteiger charge is 2.29. The van der Waals surface area contributed by atoms with Crippen LogP contribution in [0.25, 0.3) is 0 Å². The van der Waals surface area contributed by atoms with Crippen LogP contribution < -0.4 is 5.32 Å². The number of nitrogens with one attached hydrogen (secondary N) is 1. The van der Waals surface area contributed by atoms with Gasteiger partial charge >= 0.3 is 0 Å². The fourth-order valence-electron chi connectivity index (χ4n) is 1.17. The van der Waals surface area contributed by atoms with Crippen molar-refractivity contribution in [3.8, 4) is 0 Å². The van der Waals surface area contributed by atoms with Crippen molar-refractivity contribution in [2.24, 2.45) is 0 Å². The van der Waals surface area contributed by atoms with Crippen molar-refractivity contribution in [2.75, 3.05) is 34.3 Å². The molecule has 0 amide bonds. The van der Waals surface area contributed by atoms with E-state index in [9.17, 15) is 4.79 Å². The maximum absolute atomic E-state index is 10.4. The monoisotopic (exact) mass is 173 g/mol. The van der Waals surface area contributed by atoms with Gasteiger partial charge in [-0.1, -0.05) is 0 Å². The van der Waals surface area contributed by atoms with E-state index < -0.39 is 0 Å². The first kappa shape index (κ1) is 9.64. The molecule has 1 saturated heterocycles. The summed E-state index contributed by atoms with van der Waals surface area (Å²) in [6, 6.07) is -0.118. The van der Waals surface area contributed by atoms with Crippen LogP contribution in [0, 0.1) is 0 Å². The summed E-state index contributed by atoms with van der Waals surface area (Å²) in [6.07, 6.45) is 1.05. The van der Waals surface area contributed by atoms with Crippen LogP contribution in [0.1, 0.15) is 0 Å². The number of morpholine rings is 1. The van der Waals surface area contributed by atoms with Gasteiger partial charge in [-0.15, -0.1) is 0 Å². The largest absolute Gasteiger partial charge is 0.326 e. The molecule has 1 aliphatic heterocycles. The predicted octanol–water partition coefficient (Wildman–Crippen LogP) is -0.794. The lowest BCUT2D eigenvalue weighted by Crippen LogP contribution is -2.58. The molecule has 1 rings (SSSR count). The first-order valence-corrected chi connectivity index (χ1v) is 4.15. The van der Waals surface area contributed by atoms with Crippen LogP contribution in [0.3, 0.4) is 0 Å². The minimum atomic E-state index is -0.118. The van der Waals surface area contributed by atoms with Crippen LogP contribution in [0.2, 0.25) is 0 Å². The second-order valence-electron chi connectivity index (χ2n) is 4.06. The van der Waals surface area contributed by atoms with Crippen LogP contribution in [0.5, 0.6) is 0 Å². The van der Waals surface area contributed by atoms with Crippen molar-refractivity contribution < 1.29 is 14.0 Å². The third kappa shape index (κ3) is 2.27. The quantitative estimate of drug-likeness (QED) is 0.439. The summed E-state index contributed by atoms with van der Waals surface area (Å²) >= 11 is 0. The molecule has 1 N–H and O–H groups in total. The van der Waals surface area contributed by atoms with Crippen molar-refractivity contribution in [3.05, 3.63) is 0 Å². The van der Waals surface area contributed by atoms with Crippen molar-refractivity contribution in [1.29, 1.82) is 0 Å². The number of hydrogen-bond donors (Lipinski definition) is 1. The van der Waals surface area contributed by atoms with Gasteiger partial charge in [0, 0.05) is 0 Å². The van der Waals surface area contributed by atoms with Crippen molar-refractivity contribution in [2.45, 2.75) is 12.3 Å². The molecule has 0 spiro atoms. The molecule has 12 heavy (non-hydrogen) atoms. The SMILES string of the molecule is C[N+](C)(C)C1CNC(C=O)CO1. The maximum atomic E-state index is 10.4. The van der Waals surface area contributed by atoms with E-state index in [-0.39, 0.29) is 12.3 Å². The molecule has 4 heteroatoms. The Hall–Kier alpha value is -0.450. The van der Waals surface area contributed by atoms with Crippen molar-refractivity contribution in [3.63, 3.8) is 0 Å². The molecule has 0 aromatic heterocycles. The normalized spacial score (nSPS) is 31.6. The van der Waals surface area contributed by atoms with Gasteiger partial charge in [-0.3, -0.25) is 5.32 Å². The van der Waals surface area contributed by atoms with Crippen LogP contribution in [-0.4, -0.2) is 57.3 Å². The number of hydrogen-bond acceptors (Lipinski definition) is 3. The highest BCUT2D eigenvalue weighted by Crippen LogP contribution is 2.08. The van der Waals surface area contributed by atoms with Gasteiger partial charge in [0.2, 0.25) is 6.23 Å². The van der Waals surface area contributed by atoms with Crippen LogP contribution in [-0.2, 0) is 9.53 Å². The number of carbonyl (C=O) groups is 1. The Kier molecular flexibility index (Phi) is 2.82. The Morgan fingerprint density at radius 1 is 1.50 bits per heavy atom.